The van der Waals surface area contributed by atoms with Gasteiger partial charge in [0.25, 0.3) is 5.89 Å². The molecular formula is C15H11BrFNO3. The highest BCUT2D eigenvalue weighted by Crippen LogP contribution is 2.27. The van der Waals surface area contributed by atoms with Gasteiger partial charge < -0.3 is 13.6 Å². The molecule has 1 aromatic carbocycles. The molecule has 4 nitrogen and oxygen atoms in total. The molecule has 21 heavy (non-hydrogen) atoms. The van der Waals surface area contributed by atoms with E-state index in [-0.39, 0.29) is 12.4 Å². The third kappa shape index (κ3) is 3.00. The van der Waals surface area contributed by atoms with E-state index in [1.807, 2.05) is 0 Å². The molecule has 0 saturated heterocycles. The zero-order valence-corrected chi connectivity index (χ0v) is 12.7. The fraction of sp³-hybridized carbons (Fsp3) is 0.133. The average Bonchev–Trinajstić information content (AvgIpc) is 3.07. The molecule has 3 aromatic rings. The second kappa shape index (κ2) is 5.73. The van der Waals surface area contributed by atoms with E-state index >= 15 is 0 Å². The molecule has 6 heteroatoms. The summed E-state index contributed by atoms with van der Waals surface area (Å²) >= 11 is 3.25. The Morgan fingerprint density at radius 1 is 1.33 bits per heavy atom. The molecule has 0 aliphatic heterocycles. The van der Waals surface area contributed by atoms with Crippen molar-refractivity contribution in [2.75, 3.05) is 0 Å². The molecule has 0 bridgehead atoms. The van der Waals surface area contributed by atoms with Crippen LogP contribution >= 0.6 is 15.9 Å². The quantitative estimate of drug-likeness (QED) is 0.682. The molecule has 0 spiro atoms. The first-order valence-corrected chi connectivity index (χ1v) is 7.01. The van der Waals surface area contributed by atoms with Crippen molar-refractivity contribution in [2.45, 2.75) is 13.5 Å². The zero-order valence-electron chi connectivity index (χ0n) is 11.1. The molecule has 0 aliphatic rings. The summed E-state index contributed by atoms with van der Waals surface area (Å²) in [4.78, 5) is 4.34. The summed E-state index contributed by atoms with van der Waals surface area (Å²) in [7, 11) is 0. The summed E-state index contributed by atoms with van der Waals surface area (Å²) < 4.78 is 30.0. The van der Waals surface area contributed by atoms with Crippen LogP contribution in [0.2, 0.25) is 0 Å². The van der Waals surface area contributed by atoms with Gasteiger partial charge in [0, 0.05) is 0 Å². The largest absolute Gasteiger partial charge is 0.486 e. The Morgan fingerprint density at radius 2 is 2.19 bits per heavy atom. The van der Waals surface area contributed by atoms with Crippen LogP contribution in [-0.4, -0.2) is 4.98 Å². The highest BCUT2D eigenvalue weighted by Gasteiger charge is 2.14. The summed E-state index contributed by atoms with van der Waals surface area (Å²) in [5.41, 5.74) is 0.664. The van der Waals surface area contributed by atoms with E-state index in [0.29, 0.717) is 33.3 Å². The number of hydrogen-bond donors (Lipinski definition) is 0. The molecule has 2 aromatic heterocycles. The summed E-state index contributed by atoms with van der Waals surface area (Å²) in [6.07, 6.45) is 1.56. The van der Waals surface area contributed by atoms with Crippen LogP contribution in [0.4, 0.5) is 4.39 Å². The summed E-state index contributed by atoms with van der Waals surface area (Å²) in [5.74, 6) is 1.84. The third-order valence-electron chi connectivity index (χ3n) is 2.88. The van der Waals surface area contributed by atoms with Gasteiger partial charge in [0.05, 0.1) is 10.7 Å². The van der Waals surface area contributed by atoms with E-state index in [4.69, 9.17) is 13.6 Å². The molecule has 2 heterocycles. The van der Waals surface area contributed by atoms with Gasteiger partial charge in [-0.25, -0.2) is 9.37 Å². The number of rotatable bonds is 4. The Morgan fingerprint density at radius 3 is 2.90 bits per heavy atom. The van der Waals surface area contributed by atoms with E-state index in [1.165, 1.54) is 12.1 Å². The van der Waals surface area contributed by atoms with Crippen LogP contribution in [0.25, 0.3) is 11.7 Å². The van der Waals surface area contributed by atoms with Gasteiger partial charge in [-0.05, 0) is 53.2 Å². The van der Waals surface area contributed by atoms with Crippen LogP contribution in [-0.2, 0) is 6.61 Å². The first-order valence-electron chi connectivity index (χ1n) is 6.21. The van der Waals surface area contributed by atoms with Gasteiger partial charge >= 0.3 is 0 Å². The highest BCUT2D eigenvalue weighted by molar-refractivity contribution is 9.10. The van der Waals surface area contributed by atoms with Gasteiger partial charge in [-0.15, -0.1) is 0 Å². The first-order chi connectivity index (χ1) is 10.1. The smallest absolute Gasteiger partial charge is 0.263 e. The van der Waals surface area contributed by atoms with Crippen LogP contribution in [0.5, 0.6) is 5.75 Å². The predicted molar refractivity (Wildman–Crippen MR) is 77.4 cm³/mol. The summed E-state index contributed by atoms with van der Waals surface area (Å²) in [6, 6.07) is 7.78. The Hall–Kier alpha value is -2.08. The fourth-order valence-corrected chi connectivity index (χ4v) is 2.27. The van der Waals surface area contributed by atoms with Crippen molar-refractivity contribution < 1.29 is 18.0 Å². The number of hydrogen-bond acceptors (Lipinski definition) is 4. The van der Waals surface area contributed by atoms with E-state index in [1.54, 1.807) is 31.4 Å². The number of nitrogens with zero attached hydrogens (tertiary/aromatic N) is 1. The van der Waals surface area contributed by atoms with Gasteiger partial charge in [-0.1, -0.05) is 0 Å². The summed E-state index contributed by atoms with van der Waals surface area (Å²) in [5, 5.41) is 0. The van der Waals surface area contributed by atoms with Crippen LogP contribution < -0.4 is 4.74 Å². The predicted octanol–water partition coefficient (Wildman–Crippen LogP) is 4.72. The van der Waals surface area contributed by atoms with E-state index in [0.717, 1.165) is 0 Å². The maximum Gasteiger partial charge on any atom is 0.263 e. The van der Waals surface area contributed by atoms with Gasteiger partial charge in [0.15, 0.2) is 5.76 Å². The van der Waals surface area contributed by atoms with Crippen molar-refractivity contribution in [3.8, 4) is 17.4 Å². The van der Waals surface area contributed by atoms with Crippen LogP contribution in [0.15, 0.2) is 49.9 Å². The maximum atomic E-state index is 13.0. The van der Waals surface area contributed by atoms with Crippen molar-refractivity contribution in [1.82, 2.24) is 4.98 Å². The highest BCUT2D eigenvalue weighted by atomic mass is 79.9. The second-order valence-electron chi connectivity index (χ2n) is 4.36. The van der Waals surface area contributed by atoms with Gasteiger partial charge in [-0.3, -0.25) is 0 Å². The van der Waals surface area contributed by atoms with Crippen LogP contribution in [0, 0.1) is 12.7 Å². The molecule has 0 amide bonds. The lowest BCUT2D eigenvalue weighted by molar-refractivity contribution is 0.297. The zero-order chi connectivity index (χ0) is 14.8. The number of benzene rings is 1. The monoisotopic (exact) mass is 351 g/mol. The molecule has 0 fully saturated rings. The van der Waals surface area contributed by atoms with Crippen molar-refractivity contribution in [1.29, 1.82) is 0 Å². The Bertz CT molecular complexity index is 752. The van der Waals surface area contributed by atoms with Crippen LogP contribution in [0.3, 0.4) is 0 Å². The number of ether oxygens (including phenoxy) is 1. The molecule has 0 N–H and O–H groups in total. The molecule has 0 radical (unpaired) electrons. The molecule has 0 aliphatic carbocycles. The van der Waals surface area contributed by atoms with E-state index < -0.39 is 0 Å². The molecule has 3 rings (SSSR count). The number of aryl methyl sites for hydroxylation is 1. The topological polar surface area (TPSA) is 48.4 Å². The Balaban J connectivity index is 1.76. The van der Waals surface area contributed by atoms with Gasteiger partial charge in [0.2, 0.25) is 0 Å². The van der Waals surface area contributed by atoms with E-state index in [9.17, 15) is 4.39 Å². The van der Waals surface area contributed by atoms with Crippen molar-refractivity contribution in [3.05, 3.63) is 58.3 Å². The number of aromatic nitrogens is 1. The number of oxazole rings is 1. The minimum Gasteiger partial charge on any atom is -0.486 e. The van der Waals surface area contributed by atoms with Crippen molar-refractivity contribution >= 4 is 15.9 Å². The Kier molecular flexibility index (Phi) is 3.79. The van der Waals surface area contributed by atoms with E-state index in [2.05, 4.69) is 20.9 Å². The van der Waals surface area contributed by atoms with Crippen molar-refractivity contribution in [3.63, 3.8) is 0 Å². The summed E-state index contributed by atoms with van der Waals surface area (Å²) in [6.45, 7) is 2.03. The molecule has 0 atom stereocenters. The third-order valence-corrected chi connectivity index (χ3v) is 3.50. The normalized spacial score (nSPS) is 10.8. The Labute approximate surface area is 128 Å². The first kappa shape index (κ1) is 13.9. The molecule has 0 unspecified atom stereocenters. The van der Waals surface area contributed by atoms with Gasteiger partial charge in [0.1, 0.15) is 29.6 Å². The standard InChI is InChI=1S/C15H11BrFNO3/c1-9-12(18-15(21-9)14-3-2-6-19-14)8-20-13-5-4-10(17)7-11(13)16/h2-7H,8H2,1H3. The number of furan rings is 1. The molecule has 0 saturated carbocycles. The lowest BCUT2D eigenvalue weighted by Crippen LogP contribution is -1.98. The lowest BCUT2D eigenvalue weighted by atomic mass is 10.3. The second-order valence-corrected chi connectivity index (χ2v) is 5.22. The minimum absolute atomic E-state index is 0.222. The average molecular weight is 352 g/mol. The molecule has 108 valence electrons. The fourth-order valence-electron chi connectivity index (χ4n) is 1.81. The maximum absolute atomic E-state index is 13.0. The number of halogens is 2. The van der Waals surface area contributed by atoms with Gasteiger partial charge in [-0.2, -0.15) is 0 Å². The van der Waals surface area contributed by atoms with Crippen molar-refractivity contribution in [2.24, 2.45) is 0 Å². The lowest BCUT2D eigenvalue weighted by Gasteiger charge is -2.06. The SMILES string of the molecule is Cc1oc(-c2ccco2)nc1COc1ccc(F)cc1Br. The van der Waals surface area contributed by atoms with Crippen LogP contribution in [0.1, 0.15) is 11.5 Å². The minimum atomic E-state index is -0.327. The molecular weight excluding hydrogens is 341 g/mol.